The fraction of sp³-hybridized carbons (Fsp3) is 0.381. The first kappa shape index (κ1) is 18.3. The zero-order valence-corrected chi connectivity index (χ0v) is 16.1. The molecule has 0 amide bonds. The van der Waals surface area contributed by atoms with Crippen molar-refractivity contribution in [3.63, 3.8) is 0 Å². The third kappa shape index (κ3) is 3.33. The Morgan fingerprint density at radius 3 is 2.63 bits per heavy atom. The Morgan fingerprint density at radius 1 is 1.22 bits per heavy atom. The van der Waals surface area contributed by atoms with Crippen LogP contribution in [0.3, 0.4) is 0 Å². The lowest BCUT2D eigenvalue weighted by Gasteiger charge is -2.37. The Kier molecular flexibility index (Phi) is 4.88. The number of hydrogen-bond donors (Lipinski definition) is 1. The van der Waals surface area contributed by atoms with Crippen molar-refractivity contribution >= 4 is 22.6 Å². The molecule has 0 radical (unpaired) electrons. The van der Waals surface area contributed by atoms with Crippen LogP contribution >= 0.6 is 0 Å². The number of Topliss-reactive ketones (excluding diaryl/α,β-unsaturated/α-hetero) is 1. The highest BCUT2D eigenvalue weighted by Crippen LogP contribution is 2.50. The average molecular weight is 384 g/mol. The predicted octanol–water partition coefficient (Wildman–Crippen LogP) is 4.01. The number of hydrogen-bond acceptors (Lipinski definition) is 5. The zero-order chi connectivity index (χ0) is 19.1. The van der Waals surface area contributed by atoms with Crippen molar-refractivity contribution < 1.29 is 18.3 Å². The van der Waals surface area contributed by atoms with E-state index in [1.54, 1.807) is 12.1 Å². The van der Waals surface area contributed by atoms with Crippen molar-refractivity contribution in [2.75, 3.05) is 11.9 Å². The highest BCUT2D eigenvalue weighted by Gasteiger charge is 2.41. The molecule has 2 aliphatic heterocycles. The van der Waals surface area contributed by atoms with Gasteiger partial charge < -0.3 is 14.6 Å². The SMILES string of the molecule is CC(C)C(=O)c1ccc(C2Nc3ccc(S(=O)[O-])cc3[C@H]3OCC[C@@H]23)cc1. The Labute approximate surface area is 161 Å². The second-order valence-electron chi connectivity index (χ2n) is 7.49. The van der Waals surface area contributed by atoms with Crippen molar-refractivity contribution in [1.29, 1.82) is 0 Å². The summed E-state index contributed by atoms with van der Waals surface area (Å²) < 4.78 is 28.6. The molecular weight excluding hydrogens is 362 g/mol. The molecule has 5 nitrogen and oxygen atoms in total. The Hall–Kier alpha value is -2.02. The molecule has 2 heterocycles. The lowest BCUT2D eigenvalue weighted by atomic mass is 9.81. The van der Waals surface area contributed by atoms with E-state index in [1.807, 2.05) is 44.2 Å². The summed E-state index contributed by atoms with van der Waals surface area (Å²) in [5.41, 5.74) is 3.64. The quantitative estimate of drug-likeness (QED) is 0.636. The van der Waals surface area contributed by atoms with Crippen molar-refractivity contribution in [2.24, 2.45) is 11.8 Å². The molecule has 2 unspecified atom stereocenters. The fourth-order valence-corrected chi connectivity index (χ4v) is 4.47. The molecule has 2 aromatic rings. The fourth-order valence-electron chi connectivity index (χ4n) is 4.07. The van der Waals surface area contributed by atoms with E-state index in [4.69, 9.17) is 4.74 Å². The lowest BCUT2D eigenvalue weighted by molar-refractivity contribution is 0.0827. The van der Waals surface area contributed by atoms with Crippen LogP contribution in [-0.2, 0) is 15.8 Å². The molecule has 6 heteroatoms. The highest BCUT2D eigenvalue weighted by molar-refractivity contribution is 7.79. The molecule has 0 aliphatic carbocycles. The van der Waals surface area contributed by atoms with E-state index in [1.165, 1.54) is 0 Å². The molecule has 0 aromatic heterocycles. The van der Waals surface area contributed by atoms with Crippen LogP contribution in [0.15, 0.2) is 47.4 Å². The Balaban J connectivity index is 1.67. The van der Waals surface area contributed by atoms with Gasteiger partial charge in [0.2, 0.25) is 0 Å². The molecule has 2 aromatic carbocycles. The van der Waals surface area contributed by atoms with E-state index in [0.717, 1.165) is 28.8 Å². The van der Waals surface area contributed by atoms with Gasteiger partial charge in [-0.05, 0) is 41.3 Å². The first-order valence-electron chi connectivity index (χ1n) is 9.21. The van der Waals surface area contributed by atoms with Crippen molar-refractivity contribution in [3.05, 3.63) is 59.2 Å². The van der Waals surface area contributed by atoms with Crippen LogP contribution in [0, 0.1) is 11.8 Å². The van der Waals surface area contributed by atoms with Crippen LogP contribution < -0.4 is 5.32 Å². The first-order chi connectivity index (χ1) is 13.0. The minimum absolute atomic E-state index is 0.0242. The molecule has 0 bridgehead atoms. The van der Waals surface area contributed by atoms with Gasteiger partial charge in [-0.1, -0.05) is 38.1 Å². The van der Waals surface area contributed by atoms with Gasteiger partial charge in [-0.15, -0.1) is 0 Å². The molecule has 1 N–H and O–H groups in total. The van der Waals surface area contributed by atoms with Gasteiger partial charge in [-0.2, -0.15) is 0 Å². The topological polar surface area (TPSA) is 78.5 Å². The van der Waals surface area contributed by atoms with Crippen molar-refractivity contribution in [3.8, 4) is 0 Å². The van der Waals surface area contributed by atoms with Gasteiger partial charge in [-0.25, -0.2) is 0 Å². The maximum Gasteiger partial charge on any atom is 0.165 e. The van der Waals surface area contributed by atoms with Crippen LogP contribution in [-0.4, -0.2) is 21.2 Å². The van der Waals surface area contributed by atoms with Crippen LogP contribution in [0.4, 0.5) is 5.69 Å². The molecule has 0 spiro atoms. The van der Waals surface area contributed by atoms with Gasteiger partial charge in [0.15, 0.2) is 5.78 Å². The summed E-state index contributed by atoms with van der Waals surface area (Å²) in [5.74, 6) is 0.340. The lowest BCUT2D eigenvalue weighted by Crippen LogP contribution is -2.29. The summed E-state index contributed by atoms with van der Waals surface area (Å²) >= 11 is -2.26. The first-order valence-corrected chi connectivity index (χ1v) is 10.3. The van der Waals surface area contributed by atoms with Crippen LogP contribution in [0.1, 0.15) is 53.9 Å². The van der Waals surface area contributed by atoms with Crippen molar-refractivity contribution in [2.45, 2.75) is 37.3 Å². The normalized spacial score (nSPS) is 24.8. The van der Waals surface area contributed by atoms with E-state index < -0.39 is 11.1 Å². The van der Waals surface area contributed by atoms with Gasteiger partial charge in [0.25, 0.3) is 0 Å². The summed E-state index contributed by atoms with van der Waals surface area (Å²) in [6.07, 6.45) is 0.783. The van der Waals surface area contributed by atoms with Gasteiger partial charge >= 0.3 is 0 Å². The molecule has 4 rings (SSSR count). The third-order valence-electron chi connectivity index (χ3n) is 5.48. The minimum atomic E-state index is -2.26. The van der Waals surface area contributed by atoms with E-state index in [-0.39, 0.29) is 34.7 Å². The molecule has 142 valence electrons. The Bertz CT molecular complexity index is 894. The van der Waals surface area contributed by atoms with E-state index in [0.29, 0.717) is 6.61 Å². The largest absolute Gasteiger partial charge is 0.768 e. The van der Waals surface area contributed by atoms with Gasteiger partial charge in [0, 0.05) is 40.2 Å². The molecule has 1 saturated heterocycles. The number of fused-ring (bicyclic) bond motifs is 3. The number of ketones is 1. The molecule has 4 atom stereocenters. The maximum absolute atomic E-state index is 12.2. The number of anilines is 1. The highest BCUT2D eigenvalue weighted by atomic mass is 32.2. The summed E-state index contributed by atoms with van der Waals surface area (Å²) in [7, 11) is 0. The summed E-state index contributed by atoms with van der Waals surface area (Å²) in [5, 5.41) is 3.56. The van der Waals surface area contributed by atoms with Crippen molar-refractivity contribution in [1.82, 2.24) is 0 Å². The van der Waals surface area contributed by atoms with Crippen LogP contribution in [0.25, 0.3) is 0 Å². The van der Waals surface area contributed by atoms with Crippen LogP contribution in [0.5, 0.6) is 0 Å². The Morgan fingerprint density at radius 2 is 1.96 bits per heavy atom. The van der Waals surface area contributed by atoms with Gasteiger partial charge in [0.05, 0.1) is 12.1 Å². The number of carbonyl (C=O) groups excluding carboxylic acids is 1. The van der Waals surface area contributed by atoms with E-state index in [2.05, 4.69) is 5.32 Å². The monoisotopic (exact) mass is 384 g/mol. The molecular formula is C21H22NO4S-. The van der Waals surface area contributed by atoms with Gasteiger partial charge in [0.1, 0.15) is 0 Å². The molecule has 2 aliphatic rings. The molecule has 27 heavy (non-hydrogen) atoms. The maximum atomic E-state index is 12.2. The number of carbonyl (C=O) groups is 1. The summed E-state index contributed by atoms with van der Waals surface area (Å²) in [4.78, 5) is 12.5. The average Bonchev–Trinajstić information content (AvgIpc) is 3.16. The molecule has 0 saturated carbocycles. The van der Waals surface area contributed by atoms with E-state index >= 15 is 0 Å². The van der Waals surface area contributed by atoms with Gasteiger partial charge in [-0.3, -0.25) is 9.00 Å². The summed E-state index contributed by atoms with van der Waals surface area (Å²) in [6, 6.07) is 13.0. The number of benzene rings is 2. The zero-order valence-electron chi connectivity index (χ0n) is 15.3. The summed E-state index contributed by atoms with van der Waals surface area (Å²) in [6.45, 7) is 4.46. The predicted molar refractivity (Wildman–Crippen MR) is 102 cm³/mol. The van der Waals surface area contributed by atoms with E-state index in [9.17, 15) is 13.6 Å². The number of ether oxygens (including phenoxy) is 1. The smallest absolute Gasteiger partial charge is 0.165 e. The third-order valence-corrected chi connectivity index (χ3v) is 6.12. The second-order valence-corrected chi connectivity index (χ2v) is 8.43. The number of rotatable bonds is 4. The number of nitrogens with one attached hydrogen (secondary N) is 1. The minimum Gasteiger partial charge on any atom is -0.768 e. The van der Waals surface area contributed by atoms with Crippen LogP contribution in [0.2, 0.25) is 0 Å². The molecule has 1 fully saturated rings. The second kappa shape index (κ2) is 7.19. The standard InChI is InChI=1S/C21H23NO4S/c1-12(2)20(23)14-5-3-13(4-6-14)19-16-9-10-26-21(16)17-11-15(27(24)25)7-8-18(17)22-19/h3-8,11-12,16,19,21-22H,9-10H2,1-2H3,(H,24,25)/p-1/t16-,19?,21-/m0/s1.